The zero-order valence-corrected chi connectivity index (χ0v) is 25.0. The van der Waals surface area contributed by atoms with Crippen molar-refractivity contribution < 1.29 is 38.5 Å². The van der Waals surface area contributed by atoms with E-state index in [0.717, 1.165) is 21.7 Å². The first-order valence-corrected chi connectivity index (χ1v) is 15.5. The summed E-state index contributed by atoms with van der Waals surface area (Å²) >= 11 is 0.936. The number of carbonyl (C=O) groups is 1. The molecule has 15 nitrogen and oxygen atoms in total. The zero-order valence-electron chi connectivity index (χ0n) is 23.3. The third kappa shape index (κ3) is 7.10. The number of hydrogen-bond acceptors (Lipinski definition) is 13. The highest BCUT2D eigenvalue weighted by Gasteiger charge is 2.54. The van der Waals surface area contributed by atoms with Gasteiger partial charge in [-0.15, -0.1) is 0 Å². The maximum absolute atomic E-state index is 13.7. The highest BCUT2D eigenvalue weighted by Crippen LogP contribution is 2.46. The number of aliphatic hydroxyl groups excluding tert-OH is 2. The van der Waals surface area contributed by atoms with Crippen LogP contribution in [0.15, 0.2) is 47.5 Å². The van der Waals surface area contributed by atoms with Crippen LogP contribution in [0.5, 0.6) is 0 Å². The molecular formula is C25H35N6O9PS. The molecule has 3 heterocycles. The van der Waals surface area contributed by atoms with E-state index in [-0.39, 0.29) is 42.4 Å². The van der Waals surface area contributed by atoms with Crippen LogP contribution < -0.4 is 16.5 Å². The number of aliphatic hydroxyl groups is 3. The number of aromatic nitrogens is 4. The summed E-state index contributed by atoms with van der Waals surface area (Å²) < 4.78 is 33.3. The minimum Gasteiger partial charge on any atom is -0.395 e. The summed E-state index contributed by atoms with van der Waals surface area (Å²) in [4.78, 5) is 32.1. The number of anilines is 1. The van der Waals surface area contributed by atoms with Crippen LogP contribution in [-0.4, -0.2) is 82.8 Å². The number of thioether (sulfide) groups is 1. The Bertz CT molecular complexity index is 1500. The minimum absolute atomic E-state index is 0.0292. The van der Waals surface area contributed by atoms with Crippen molar-refractivity contribution in [2.45, 2.75) is 51.4 Å². The summed E-state index contributed by atoms with van der Waals surface area (Å²) in [6.07, 6.45) is -1.11. The molecule has 3 unspecified atom stereocenters. The van der Waals surface area contributed by atoms with Gasteiger partial charge in [0.05, 0.1) is 25.2 Å². The Morgan fingerprint density at radius 2 is 1.98 bits per heavy atom. The fourth-order valence-corrected chi connectivity index (χ4v) is 6.37. The second kappa shape index (κ2) is 12.9. The molecule has 1 saturated heterocycles. The van der Waals surface area contributed by atoms with Crippen LogP contribution in [0.25, 0.3) is 5.78 Å². The maximum Gasteiger partial charge on any atom is 0.405 e. The molecule has 2 aromatic heterocycles. The smallest absolute Gasteiger partial charge is 0.395 e. The van der Waals surface area contributed by atoms with Crippen molar-refractivity contribution in [3.63, 3.8) is 0 Å². The van der Waals surface area contributed by atoms with Crippen LogP contribution in [0.3, 0.4) is 0 Å². The molecule has 1 aromatic carbocycles. The van der Waals surface area contributed by atoms with Gasteiger partial charge in [-0.1, -0.05) is 42.1 Å². The van der Waals surface area contributed by atoms with E-state index in [1.165, 1.54) is 23.9 Å². The van der Waals surface area contributed by atoms with Gasteiger partial charge in [0.25, 0.3) is 0 Å². The molecule has 1 aliphatic rings. The van der Waals surface area contributed by atoms with Crippen LogP contribution in [0, 0.1) is 5.41 Å². The molecule has 3 aromatic rings. The first kappa shape index (κ1) is 32.3. The van der Waals surface area contributed by atoms with Gasteiger partial charge in [-0.3, -0.25) is 18.4 Å². The zero-order chi connectivity index (χ0) is 30.7. The lowest BCUT2D eigenvalue weighted by molar-refractivity contribution is -0.119. The average Bonchev–Trinajstić information content (AvgIpc) is 3.47. The molecule has 1 aliphatic heterocycles. The topological polar surface area (TPSA) is 213 Å². The fraction of sp³-hybridized carbons (Fsp3) is 0.520. The third-order valence-corrected chi connectivity index (χ3v) is 9.46. The fourth-order valence-electron chi connectivity index (χ4n) is 4.13. The number of rotatable bonds is 13. The predicted molar refractivity (Wildman–Crippen MR) is 153 cm³/mol. The molecular weight excluding hydrogens is 591 g/mol. The number of ether oxygens (including phenoxy) is 1. The number of benzene rings is 1. The van der Waals surface area contributed by atoms with Gasteiger partial charge < -0.3 is 25.8 Å². The molecule has 0 saturated carbocycles. The monoisotopic (exact) mass is 626 g/mol. The van der Waals surface area contributed by atoms with Gasteiger partial charge in [0.15, 0.2) is 11.3 Å². The van der Waals surface area contributed by atoms with E-state index in [1.54, 1.807) is 13.8 Å². The first-order chi connectivity index (χ1) is 19.8. The number of nitrogens with two attached hydrogens (primary N) is 1. The largest absolute Gasteiger partial charge is 0.405 e. The number of nitrogen functional groups attached to an aromatic ring is 1. The highest BCUT2D eigenvalue weighted by molar-refractivity contribution is 8.13. The Morgan fingerprint density at radius 1 is 1.26 bits per heavy atom. The minimum atomic E-state index is -4.03. The molecule has 5 atom stereocenters. The third-order valence-electron chi connectivity index (χ3n) is 6.71. The van der Waals surface area contributed by atoms with Gasteiger partial charge in [0.2, 0.25) is 11.7 Å². The van der Waals surface area contributed by atoms with Crippen LogP contribution in [0.4, 0.5) is 5.95 Å². The number of imidazole rings is 1. The molecule has 4 rings (SSSR count). The van der Waals surface area contributed by atoms with Crippen LogP contribution >= 0.6 is 19.5 Å². The van der Waals surface area contributed by atoms with Gasteiger partial charge >= 0.3 is 13.4 Å². The Kier molecular flexibility index (Phi) is 9.92. The molecule has 0 amide bonds. The lowest BCUT2D eigenvalue weighted by Gasteiger charge is -2.27. The second-order valence-electron chi connectivity index (χ2n) is 10.6. The van der Waals surface area contributed by atoms with E-state index in [0.29, 0.717) is 0 Å². The van der Waals surface area contributed by atoms with Gasteiger partial charge in [-0.25, -0.2) is 18.8 Å². The molecule has 0 aliphatic carbocycles. The Hall–Kier alpha value is -2.66. The summed E-state index contributed by atoms with van der Waals surface area (Å²) in [6, 6.07) is 9.10. The molecule has 1 fully saturated rings. The summed E-state index contributed by atoms with van der Waals surface area (Å²) in [6.45, 7) is 3.80. The Labute approximate surface area is 245 Å². The molecule has 230 valence electrons. The van der Waals surface area contributed by atoms with Gasteiger partial charge in [-0.2, -0.15) is 9.97 Å². The summed E-state index contributed by atoms with van der Waals surface area (Å²) in [5.74, 6) is -0.102. The van der Waals surface area contributed by atoms with Crippen molar-refractivity contribution in [3.8, 4) is 0 Å². The Balaban J connectivity index is 1.46. The number of nitrogens with zero attached hydrogens (tertiary/aromatic N) is 4. The number of carbonyl (C=O) groups excluding carboxylic acids is 1. The lowest BCUT2D eigenvalue weighted by atomic mass is 9.97. The summed E-state index contributed by atoms with van der Waals surface area (Å²) in [7, 11) is -4.03. The molecule has 0 bridgehead atoms. The predicted octanol–water partition coefficient (Wildman–Crippen LogP) is 0.692. The van der Waals surface area contributed by atoms with E-state index in [1.807, 2.05) is 30.3 Å². The highest BCUT2D eigenvalue weighted by atomic mass is 32.2. The van der Waals surface area contributed by atoms with Gasteiger partial charge in [-0.05, 0) is 26.3 Å². The average molecular weight is 627 g/mol. The van der Waals surface area contributed by atoms with E-state index >= 15 is 0 Å². The number of fused-ring (bicyclic) bond motifs is 1. The van der Waals surface area contributed by atoms with E-state index in [9.17, 15) is 29.5 Å². The lowest BCUT2D eigenvalue weighted by Crippen LogP contribution is -2.44. The molecule has 0 spiro atoms. The SMILES string of the molecule is CC(C)(CO)C(=O)SCCOP(=O)(NCc1ccccc1)OC[C@H]1O[C@@H](n2ccn3c(=O)nc(N)nc23)C(C)(O)C1O. The maximum atomic E-state index is 13.7. The second-order valence-corrected chi connectivity index (χ2v) is 13.5. The van der Waals surface area contributed by atoms with Crippen molar-refractivity contribution in [1.82, 2.24) is 24.0 Å². The van der Waals surface area contributed by atoms with Gasteiger partial charge in [0.1, 0.15) is 17.8 Å². The number of nitrogens with one attached hydrogen (secondary N) is 1. The molecule has 42 heavy (non-hydrogen) atoms. The quantitative estimate of drug-likeness (QED) is 0.131. The van der Waals surface area contributed by atoms with Crippen LogP contribution in [-0.2, 0) is 29.7 Å². The van der Waals surface area contributed by atoms with Crippen molar-refractivity contribution in [1.29, 1.82) is 0 Å². The number of hydrogen-bond donors (Lipinski definition) is 5. The van der Waals surface area contributed by atoms with E-state index < -0.39 is 49.5 Å². The Morgan fingerprint density at radius 3 is 2.67 bits per heavy atom. The van der Waals surface area contributed by atoms with Crippen LogP contribution in [0.1, 0.15) is 32.6 Å². The van der Waals surface area contributed by atoms with Crippen LogP contribution in [0.2, 0.25) is 0 Å². The van der Waals surface area contributed by atoms with Crippen molar-refractivity contribution in [3.05, 3.63) is 58.8 Å². The summed E-state index contributed by atoms with van der Waals surface area (Å²) in [5, 5.41) is 34.0. The summed E-state index contributed by atoms with van der Waals surface area (Å²) in [5.41, 5.74) is 2.93. The van der Waals surface area contributed by atoms with E-state index in [2.05, 4.69) is 15.1 Å². The van der Waals surface area contributed by atoms with Crippen molar-refractivity contribution >= 4 is 36.3 Å². The molecule has 17 heteroatoms. The molecule has 0 radical (unpaired) electrons. The van der Waals surface area contributed by atoms with E-state index in [4.69, 9.17) is 19.5 Å². The normalized spacial score (nSPS) is 24.2. The van der Waals surface area contributed by atoms with Crippen molar-refractivity contribution in [2.75, 3.05) is 31.3 Å². The first-order valence-electron chi connectivity index (χ1n) is 13.0. The van der Waals surface area contributed by atoms with Gasteiger partial charge in [0, 0.05) is 24.7 Å². The standard InChI is InChI=1S/C25H35N6O9PS/c1-24(2,15-32)20(34)42-12-11-38-41(37,27-13-16-7-5-4-6-8-16)39-14-17-18(33)25(3,36)19(40-17)30-9-10-31-22(30)28-21(26)29-23(31)35/h4-10,17-19,32-33,36H,11-15H2,1-3H3,(H,27,37)(H2,26,29,35)/t17-,18?,19-,25?,41?/m1/s1. The molecule has 6 N–H and O–H groups in total. The van der Waals surface area contributed by atoms with Crippen molar-refractivity contribution in [2.24, 2.45) is 5.41 Å².